The van der Waals surface area contributed by atoms with Crippen LogP contribution in [-0.2, 0) is 16.6 Å². The van der Waals surface area contributed by atoms with E-state index in [1.165, 1.54) is 0 Å². The lowest BCUT2D eigenvalue weighted by molar-refractivity contribution is -0.133. The first-order chi connectivity index (χ1) is 14.4. The number of aryl methyl sites for hydroxylation is 1. The molecule has 3 heterocycles. The second-order valence-corrected chi connectivity index (χ2v) is 8.09. The highest BCUT2D eigenvalue weighted by Gasteiger charge is 2.31. The molecular formula is C20H35IN8O2. The van der Waals surface area contributed by atoms with Gasteiger partial charge in [-0.2, -0.15) is 5.10 Å². The quantitative estimate of drug-likeness (QED) is 0.238. The summed E-state index contributed by atoms with van der Waals surface area (Å²) >= 11 is 0. The van der Waals surface area contributed by atoms with Crippen molar-refractivity contribution < 1.29 is 9.59 Å². The van der Waals surface area contributed by atoms with Gasteiger partial charge in [0.1, 0.15) is 6.54 Å². The Balaban J connectivity index is 0.00000341. The molecule has 1 atom stereocenters. The molecule has 2 aliphatic rings. The molecule has 2 amide bonds. The minimum absolute atomic E-state index is 0. The van der Waals surface area contributed by atoms with Crippen LogP contribution in [0.2, 0.25) is 0 Å². The number of piperazine rings is 1. The fourth-order valence-corrected chi connectivity index (χ4v) is 4.16. The molecular weight excluding hydrogens is 511 g/mol. The maximum absolute atomic E-state index is 12.6. The molecule has 2 saturated heterocycles. The molecule has 0 spiro atoms. The molecule has 2 fully saturated rings. The number of nitrogens with zero attached hydrogens (tertiary/aromatic N) is 7. The molecule has 0 saturated carbocycles. The van der Waals surface area contributed by atoms with Crippen molar-refractivity contribution in [3.05, 3.63) is 12.4 Å². The average molecular weight is 546 g/mol. The standard InChI is InChI=1S/C20H34N8O2.HI/c1-21-20(22-8-6-10-26-9-5-7-17(26)19(30)24(2)3)27-11-12-28(18(29)15-27)16-13-23-25(4)14-16;/h13-14,17H,5-12,15H2,1-4H3,(H,21,22);1H. The monoisotopic (exact) mass is 546 g/mol. The third kappa shape index (κ3) is 6.31. The van der Waals surface area contributed by atoms with E-state index in [9.17, 15) is 9.59 Å². The number of likely N-dealkylation sites (N-methyl/N-ethyl adjacent to an activating group) is 1. The Morgan fingerprint density at radius 2 is 2.10 bits per heavy atom. The van der Waals surface area contributed by atoms with E-state index in [-0.39, 0.29) is 41.8 Å². The topological polar surface area (TPSA) is 89.3 Å². The summed E-state index contributed by atoms with van der Waals surface area (Å²) in [6, 6.07) is 0.0116. The van der Waals surface area contributed by atoms with E-state index in [2.05, 4.69) is 20.3 Å². The lowest BCUT2D eigenvalue weighted by atomic mass is 10.2. The molecule has 0 aromatic carbocycles. The lowest BCUT2D eigenvalue weighted by Gasteiger charge is -2.35. The van der Waals surface area contributed by atoms with E-state index in [1.807, 2.05) is 32.2 Å². The molecule has 3 rings (SSSR count). The van der Waals surface area contributed by atoms with Crippen LogP contribution in [0.3, 0.4) is 0 Å². The van der Waals surface area contributed by atoms with E-state index >= 15 is 0 Å². The first kappa shape index (κ1) is 25.4. The van der Waals surface area contributed by atoms with Crippen molar-refractivity contribution in [1.82, 2.24) is 29.8 Å². The van der Waals surface area contributed by atoms with E-state index in [0.717, 1.165) is 50.5 Å². The zero-order chi connectivity index (χ0) is 21.7. The fourth-order valence-electron chi connectivity index (χ4n) is 4.16. The maximum Gasteiger partial charge on any atom is 0.246 e. The number of halogens is 1. The van der Waals surface area contributed by atoms with Gasteiger partial charge in [0.2, 0.25) is 11.8 Å². The van der Waals surface area contributed by atoms with Gasteiger partial charge in [0.15, 0.2) is 5.96 Å². The molecule has 1 aromatic rings. The van der Waals surface area contributed by atoms with Crippen LogP contribution in [0.4, 0.5) is 5.69 Å². The molecule has 1 aromatic heterocycles. The Morgan fingerprint density at radius 1 is 1.32 bits per heavy atom. The predicted octanol–water partition coefficient (Wildman–Crippen LogP) is 0.205. The average Bonchev–Trinajstić information content (AvgIpc) is 3.36. The van der Waals surface area contributed by atoms with Crippen molar-refractivity contribution >= 4 is 47.4 Å². The summed E-state index contributed by atoms with van der Waals surface area (Å²) in [5.74, 6) is 0.983. The van der Waals surface area contributed by atoms with Crippen LogP contribution in [-0.4, -0.2) is 109 Å². The van der Waals surface area contributed by atoms with Crippen LogP contribution in [0.5, 0.6) is 0 Å². The molecule has 0 bridgehead atoms. The van der Waals surface area contributed by atoms with Crippen molar-refractivity contribution in [2.75, 3.05) is 65.3 Å². The van der Waals surface area contributed by atoms with E-state index in [4.69, 9.17) is 0 Å². The summed E-state index contributed by atoms with van der Waals surface area (Å²) in [6.07, 6.45) is 6.50. The fraction of sp³-hybridized carbons (Fsp3) is 0.700. The van der Waals surface area contributed by atoms with Crippen molar-refractivity contribution in [2.45, 2.75) is 25.3 Å². The summed E-state index contributed by atoms with van der Waals surface area (Å²) in [5.41, 5.74) is 0.831. The van der Waals surface area contributed by atoms with Crippen LogP contribution < -0.4 is 10.2 Å². The van der Waals surface area contributed by atoms with Gasteiger partial charge in [-0.25, -0.2) is 0 Å². The van der Waals surface area contributed by atoms with Gasteiger partial charge in [-0.05, 0) is 25.8 Å². The Morgan fingerprint density at radius 3 is 2.71 bits per heavy atom. The van der Waals surface area contributed by atoms with Gasteiger partial charge >= 0.3 is 0 Å². The van der Waals surface area contributed by atoms with Crippen LogP contribution in [0, 0.1) is 0 Å². The number of aromatic nitrogens is 2. The Kier molecular flexibility index (Phi) is 9.54. The van der Waals surface area contributed by atoms with E-state index < -0.39 is 0 Å². The Hall–Kier alpha value is -1.89. The molecule has 31 heavy (non-hydrogen) atoms. The van der Waals surface area contributed by atoms with Gasteiger partial charge < -0.3 is 20.0 Å². The second-order valence-electron chi connectivity index (χ2n) is 8.09. The summed E-state index contributed by atoms with van der Waals surface area (Å²) in [4.78, 5) is 37.0. The van der Waals surface area contributed by atoms with Crippen molar-refractivity contribution in [2.24, 2.45) is 12.0 Å². The van der Waals surface area contributed by atoms with Crippen LogP contribution in [0.15, 0.2) is 17.4 Å². The number of amides is 2. The number of nitrogens with one attached hydrogen (secondary N) is 1. The van der Waals surface area contributed by atoms with E-state index in [1.54, 1.807) is 27.7 Å². The zero-order valence-electron chi connectivity index (χ0n) is 19.0. The van der Waals surface area contributed by atoms with Gasteiger partial charge in [0.25, 0.3) is 0 Å². The Labute approximate surface area is 201 Å². The minimum atomic E-state index is 0. The summed E-state index contributed by atoms with van der Waals surface area (Å²) in [6.45, 7) is 4.22. The van der Waals surface area contributed by atoms with E-state index in [0.29, 0.717) is 19.6 Å². The highest BCUT2D eigenvalue weighted by atomic mass is 127. The molecule has 0 radical (unpaired) electrons. The summed E-state index contributed by atoms with van der Waals surface area (Å²) in [5, 5.41) is 7.53. The van der Waals surface area contributed by atoms with Crippen molar-refractivity contribution in [3.8, 4) is 0 Å². The van der Waals surface area contributed by atoms with Gasteiger partial charge in [0, 0.05) is 60.6 Å². The van der Waals surface area contributed by atoms with Gasteiger partial charge in [-0.3, -0.25) is 24.2 Å². The largest absolute Gasteiger partial charge is 0.356 e. The molecule has 2 aliphatic heterocycles. The molecule has 0 aliphatic carbocycles. The molecule has 10 nitrogen and oxygen atoms in total. The van der Waals surface area contributed by atoms with Crippen molar-refractivity contribution in [1.29, 1.82) is 0 Å². The molecule has 1 unspecified atom stereocenters. The smallest absolute Gasteiger partial charge is 0.246 e. The normalized spacial score (nSPS) is 20.1. The second kappa shape index (κ2) is 11.7. The van der Waals surface area contributed by atoms with Crippen molar-refractivity contribution in [3.63, 3.8) is 0 Å². The first-order valence-electron chi connectivity index (χ1n) is 10.6. The molecule has 174 valence electrons. The van der Waals surface area contributed by atoms with Crippen LogP contribution >= 0.6 is 24.0 Å². The maximum atomic E-state index is 12.6. The summed E-state index contributed by atoms with van der Waals surface area (Å²) in [7, 11) is 7.22. The zero-order valence-corrected chi connectivity index (χ0v) is 21.3. The Bertz CT molecular complexity index is 781. The predicted molar refractivity (Wildman–Crippen MR) is 132 cm³/mol. The number of guanidine groups is 1. The third-order valence-corrected chi connectivity index (χ3v) is 5.73. The van der Waals surface area contributed by atoms with Crippen LogP contribution in [0.1, 0.15) is 19.3 Å². The van der Waals surface area contributed by atoms with Gasteiger partial charge in [0.05, 0.1) is 17.9 Å². The highest BCUT2D eigenvalue weighted by Crippen LogP contribution is 2.19. The third-order valence-electron chi connectivity index (χ3n) is 5.73. The minimum Gasteiger partial charge on any atom is -0.356 e. The number of anilines is 1. The van der Waals surface area contributed by atoms with Gasteiger partial charge in [-0.1, -0.05) is 0 Å². The number of hydrogen-bond acceptors (Lipinski definition) is 5. The number of likely N-dealkylation sites (tertiary alicyclic amines) is 1. The SMILES string of the molecule is CN=C(NCCCN1CCCC1C(=O)N(C)C)N1CCN(c2cnn(C)c2)C(=O)C1.I. The number of hydrogen-bond donors (Lipinski definition) is 1. The molecule has 1 N–H and O–H groups in total. The summed E-state index contributed by atoms with van der Waals surface area (Å²) < 4.78 is 1.70. The number of carbonyl (C=O) groups is 2. The number of rotatable bonds is 6. The number of aliphatic imine (C=N–C) groups is 1. The van der Waals surface area contributed by atoms with Gasteiger partial charge in [-0.15, -0.1) is 24.0 Å². The first-order valence-corrected chi connectivity index (χ1v) is 10.6. The lowest BCUT2D eigenvalue weighted by Crippen LogP contribution is -2.55. The number of carbonyl (C=O) groups excluding carboxylic acids is 2. The highest BCUT2D eigenvalue weighted by molar-refractivity contribution is 14.0. The van der Waals surface area contributed by atoms with Crippen LogP contribution in [0.25, 0.3) is 0 Å². The molecule has 11 heteroatoms.